The van der Waals surface area contributed by atoms with Crippen LogP contribution in [0.25, 0.3) is 10.2 Å². The van der Waals surface area contributed by atoms with E-state index < -0.39 is 0 Å². The second-order valence-corrected chi connectivity index (χ2v) is 6.07. The minimum absolute atomic E-state index is 0.121. The number of nitrogen functional groups attached to an aromatic ring is 1. The summed E-state index contributed by atoms with van der Waals surface area (Å²) in [6.45, 7) is 0. The highest BCUT2D eigenvalue weighted by Crippen LogP contribution is 2.27. The van der Waals surface area contributed by atoms with Gasteiger partial charge in [0, 0.05) is 10.7 Å². The Bertz CT molecular complexity index is 816. The van der Waals surface area contributed by atoms with Crippen molar-refractivity contribution in [1.82, 2.24) is 4.98 Å². The molecule has 21 heavy (non-hydrogen) atoms. The van der Waals surface area contributed by atoms with Crippen molar-refractivity contribution in [3.05, 3.63) is 53.1 Å². The minimum Gasteiger partial charge on any atom is -0.399 e. The Hall–Kier alpha value is -2.11. The van der Waals surface area contributed by atoms with Crippen molar-refractivity contribution in [3.63, 3.8) is 0 Å². The van der Waals surface area contributed by atoms with E-state index in [1.165, 1.54) is 11.3 Å². The van der Waals surface area contributed by atoms with Crippen molar-refractivity contribution in [2.24, 2.45) is 0 Å². The van der Waals surface area contributed by atoms with E-state index in [-0.39, 0.29) is 12.3 Å². The fourth-order valence-corrected chi connectivity index (χ4v) is 3.13. The molecule has 4 nitrogen and oxygen atoms in total. The Morgan fingerprint density at radius 1 is 1.29 bits per heavy atom. The highest BCUT2D eigenvalue weighted by Gasteiger charge is 2.09. The van der Waals surface area contributed by atoms with Crippen LogP contribution < -0.4 is 11.1 Å². The third-order valence-corrected chi connectivity index (χ3v) is 4.08. The molecule has 3 N–H and O–H groups in total. The number of hydrogen-bond donors (Lipinski definition) is 2. The zero-order chi connectivity index (χ0) is 14.8. The predicted octanol–water partition coefficient (Wildman–Crippen LogP) is 3.71. The molecule has 1 heterocycles. The van der Waals surface area contributed by atoms with Crippen LogP contribution in [-0.4, -0.2) is 10.9 Å². The molecule has 3 aromatic rings. The standard InChI is InChI=1S/C15H12ClN3OS/c16-10-3-1-2-9(6-10)7-14(20)19-15-18-12-5-4-11(17)8-13(12)21-15/h1-6,8H,7,17H2,(H,18,19,20). The second-order valence-electron chi connectivity index (χ2n) is 4.60. The van der Waals surface area contributed by atoms with Crippen LogP contribution >= 0.6 is 22.9 Å². The number of fused-ring (bicyclic) bond motifs is 1. The first-order valence-electron chi connectivity index (χ1n) is 6.30. The Labute approximate surface area is 130 Å². The maximum atomic E-state index is 12.0. The van der Waals surface area contributed by atoms with Crippen LogP contribution in [0.15, 0.2) is 42.5 Å². The van der Waals surface area contributed by atoms with E-state index in [9.17, 15) is 4.79 Å². The molecule has 0 fully saturated rings. The van der Waals surface area contributed by atoms with Crippen molar-refractivity contribution in [2.45, 2.75) is 6.42 Å². The number of nitrogens with one attached hydrogen (secondary N) is 1. The molecular formula is C15H12ClN3OS. The predicted molar refractivity (Wildman–Crippen MR) is 87.8 cm³/mol. The minimum atomic E-state index is -0.121. The van der Waals surface area contributed by atoms with Gasteiger partial charge >= 0.3 is 0 Å². The molecule has 0 saturated heterocycles. The van der Waals surface area contributed by atoms with Crippen molar-refractivity contribution in [1.29, 1.82) is 0 Å². The monoisotopic (exact) mass is 317 g/mol. The van der Waals surface area contributed by atoms with Gasteiger partial charge in [-0.3, -0.25) is 4.79 Å². The number of carbonyl (C=O) groups excluding carboxylic acids is 1. The van der Waals surface area contributed by atoms with E-state index in [4.69, 9.17) is 17.3 Å². The molecule has 0 atom stereocenters. The van der Waals surface area contributed by atoms with Gasteiger partial charge in [-0.25, -0.2) is 4.98 Å². The van der Waals surface area contributed by atoms with E-state index in [1.54, 1.807) is 18.2 Å². The Morgan fingerprint density at radius 2 is 2.14 bits per heavy atom. The third kappa shape index (κ3) is 3.32. The molecule has 6 heteroatoms. The SMILES string of the molecule is Nc1ccc2nc(NC(=O)Cc3cccc(Cl)c3)sc2c1. The van der Waals surface area contributed by atoms with Gasteiger partial charge in [-0.15, -0.1) is 0 Å². The van der Waals surface area contributed by atoms with Crippen molar-refractivity contribution in [3.8, 4) is 0 Å². The summed E-state index contributed by atoms with van der Waals surface area (Å²) in [4.78, 5) is 16.4. The van der Waals surface area contributed by atoms with Gasteiger partial charge in [0.1, 0.15) is 0 Å². The molecule has 0 aliphatic heterocycles. The highest BCUT2D eigenvalue weighted by atomic mass is 35.5. The molecule has 3 rings (SSSR count). The van der Waals surface area contributed by atoms with Gasteiger partial charge in [0.25, 0.3) is 0 Å². The third-order valence-electron chi connectivity index (χ3n) is 2.91. The molecule has 1 amide bonds. The summed E-state index contributed by atoms with van der Waals surface area (Å²) >= 11 is 7.31. The fraction of sp³-hybridized carbons (Fsp3) is 0.0667. The molecule has 0 spiro atoms. The van der Waals surface area contributed by atoms with Gasteiger partial charge in [-0.2, -0.15) is 0 Å². The normalized spacial score (nSPS) is 10.7. The summed E-state index contributed by atoms with van der Waals surface area (Å²) < 4.78 is 0.952. The molecule has 0 saturated carbocycles. The molecule has 0 unspecified atom stereocenters. The second kappa shape index (κ2) is 5.71. The van der Waals surface area contributed by atoms with E-state index in [0.717, 1.165) is 15.8 Å². The lowest BCUT2D eigenvalue weighted by atomic mass is 10.1. The lowest BCUT2D eigenvalue weighted by Gasteiger charge is -2.02. The van der Waals surface area contributed by atoms with Crippen molar-refractivity contribution >= 4 is 49.9 Å². The molecular weight excluding hydrogens is 306 g/mol. The Morgan fingerprint density at radius 3 is 2.95 bits per heavy atom. The van der Waals surface area contributed by atoms with Crippen molar-refractivity contribution in [2.75, 3.05) is 11.1 Å². The smallest absolute Gasteiger partial charge is 0.230 e. The maximum Gasteiger partial charge on any atom is 0.230 e. The molecule has 2 aromatic carbocycles. The molecule has 0 aliphatic rings. The number of rotatable bonds is 3. The first kappa shape index (κ1) is 13.9. The maximum absolute atomic E-state index is 12.0. The van der Waals surface area contributed by atoms with Crippen LogP contribution in [-0.2, 0) is 11.2 Å². The summed E-state index contributed by atoms with van der Waals surface area (Å²) in [7, 11) is 0. The van der Waals surface area contributed by atoms with Gasteiger partial charge in [0.2, 0.25) is 5.91 Å². The van der Waals surface area contributed by atoms with Crippen LogP contribution in [0.2, 0.25) is 5.02 Å². The summed E-state index contributed by atoms with van der Waals surface area (Å²) in [5.74, 6) is -0.121. The fourth-order valence-electron chi connectivity index (χ4n) is 1.99. The van der Waals surface area contributed by atoms with Crippen LogP contribution in [0.1, 0.15) is 5.56 Å². The molecule has 106 valence electrons. The van der Waals surface area contributed by atoms with E-state index >= 15 is 0 Å². The first-order valence-corrected chi connectivity index (χ1v) is 7.50. The van der Waals surface area contributed by atoms with Crippen LogP contribution in [0.5, 0.6) is 0 Å². The number of anilines is 2. The number of nitrogens with two attached hydrogens (primary N) is 1. The number of hydrogen-bond acceptors (Lipinski definition) is 4. The van der Waals surface area contributed by atoms with Gasteiger partial charge in [0.05, 0.1) is 16.6 Å². The van der Waals surface area contributed by atoms with Gasteiger partial charge < -0.3 is 11.1 Å². The number of carbonyl (C=O) groups is 1. The Kier molecular flexibility index (Phi) is 3.77. The van der Waals surface area contributed by atoms with Crippen LogP contribution in [0.4, 0.5) is 10.8 Å². The quantitative estimate of drug-likeness (QED) is 0.723. The van der Waals surface area contributed by atoms with E-state index in [0.29, 0.717) is 15.8 Å². The first-order chi connectivity index (χ1) is 10.1. The van der Waals surface area contributed by atoms with Gasteiger partial charge in [-0.05, 0) is 35.9 Å². The zero-order valence-electron chi connectivity index (χ0n) is 11.0. The van der Waals surface area contributed by atoms with Crippen LogP contribution in [0, 0.1) is 0 Å². The number of aromatic nitrogens is 1. The number of thiazole rings is 1. The largest absolute Gasteiger partial charge is 0.399 e. The highest BCUT2D eigenvalue weighted by molar-refractivity contribution is 7.22. The molecule has 0 bridgehead atoms. The summed E-state index contributed by atoms with van der Waals surface area (Å²) in [6, 6.07) is 12.7. The lowest BCUT2D eigenvalue weighted by Crippen LogP contribution is -2.14. The summed E-state index contributed by atoms with van der Waals surface area (Å²) in [5, 5.41) is 4.00. The molecule has 1 aromatic heterocycles. The number of halogens is 1. The van der Waals surface area contributed by atoms with Gasteiger partial charge in [-0.1, -0.05) is 35.1 Å². The van der Waals surface area contributed by atoms with Crippen LogP contribution in [0.3, 0.4) is 0 Å². The summed E-state index contributed by atoms with van der Waals surface area (Å²) in [6.07, 6.45) is 0.263. The Balaban J connectivity index is 1.74. The number of benzene rings is 2. The molecule has 0 radical (unpaired) electrons. The topological polar surface area (TPSA) is 68.0 Å². The van der Waals surface area contributed by atoms with E-state index in [2.05, 4.69) is 10.3 Å². The average Bonchev–Trinajstić information content (AvgIpc) is 2.79. The molecule has 0 aliphatic carbocycles. The van der Waals surface area contributed by atoms with Crippen molar-refractivity contribution < 1.29 is 4.79 Å². The zero-order valence-corrected chi connectivity index (χ0v) is 12.5. The summed E-state index contributed by atoms with van der Waals surface area (Å²) in [5.41, 5.74) is 8.11. The number of nitrogens with zero attached hydrogens (tertiary/aromatic N) is 1. The number of amides is 1. The van der Waals surface area contributed by atoms with E-state index in [1.807, 2.05) is 24.3 Å². The average molecular weight is 318 g/mol. The lowest BCUT2D eigenvalue weighted by molar-refractivity contribution is -0.115. The van der Waals surface area contributed by atoms with Gasteiger partial charge in [0.15, 0.2) is 5.13 Å².